The lowest BCUT2D eigenvalue weighted by molar-refractivity contribution is 0.471. The Morgan fingerprint density at radius 2 is 1.56 bits per heavy atom. The molecular weight excluding hydrogens is 324 g/mol. The standard InChI is InChI=1S/C22H30N2S/c1-14(2)18-8-10-19(11-9-18)23-22(25)24-21(15(3)4)20-12-7-16(5)13-17(20)6/h7-15,21H,1-6H3,(H2,23,24,25)/t21-/m1/s1. The van der Waals surface area contributed by atoms with E-state index in [1.165, 1.54) is 22.3 Å². The van der Waals surface area contributed by atoms with Crippen molar-refractivity contribution in [2.75, 3.05) is 5.32 Å². The second-order valence-corrected chi connectivity index (χ2v) is 7.87. The Balaban J connectivity index is 2.10. The molecule has 0 heterocycles. The smallest absolute Gasteiger partial charge is 0.171 e. The summed E-state index contributed by atoms with van der Waals surface area (Å²) < 4.78 is 0. The summed E-state index contributed by atoms with van der Waals surface area (Å²) in [6.45, 7) is 13.1. The van der Waals surface area contributed by atoms with E-state index in [2.05, 4.69) is 94.6 Å². The van der Waals surface area contributed by atoms with Crippen molar-refractivity contribution in [3.8, 4) is 0 Å². The number of benzene rings is 2. The number of nitrogens with one attached hydrogen (secondary N) is 2. The fraction of sp³-hybridized carbons (Fsp3) is 0.409. The van der Waals surface area contributed by atoms with Crippen LogP contribution in [-0.2, 0) is 0 Å². The highest BCUT2D eigenvalue weighted by atomic mass is 32.1. The predicted octanol–water partition coefficient (Wildman–Crippen LogP) is 6.11. The zero-order valence-corrected chi connectivity index (χ0v) is 17.0. The molecule has 0 amide bonds. The molecule has 2 nitrogen and oxygen atoms in total. The van der Waals surface area contributed by atoms with Crippen LogP contribution in [0.3, 0.4) is 0 Å². The van der Waals surface area contributed by atoms with Crippen LogP contribution in [0.5, 0.6) is 0 Å². The van der Waals surface area contributed by atoms with Gasteiger partial charge in [-0.25, -0.2) is 0 Å². The first kappa shape index (κ1) is 19.5. The van der Waals surface area contributed by atoms with Crippen molar-refractivity contribution in [1.82, 2.24) is 5.32 Å². The lowest BCUT2D eigenvalue weighted by atomic mass is 9.92. The second kappa shape index (κ2) is 8.48. The van der Waals surface area contributed by atoms with Crippen LogP contribution < -0.4 is 10.6 Å². The minimum absolute atomic E-state index is 0.190. The molecule has 0 aliphatic carbocycles. The molecule has 3 heteroatoms. The van der Waals surface area contributed by atoms with Gasteiger partial charge in [-0.3, -0.25) is 0 Å². The quantitative estimate of drug-likeness (QED) is 0.633. The summed E-state index contributed by atoms with van der Waals surface area (Å²) in [5.74, 6) is 0.971. The third-order valence-corrected chi connectivity index (χ3v) is 4.77. The van der Waals surface area contributed by atoms with Crippen LogP contribution in [0.25, 0.3) is 0 Å². The fourth-order valence-corrected chi connectivity index (χ4v) is 3.28. The summed E-state index contributed by atoms with van der Waals surface area (Å²) in [6.07, 6.45) is 0. The molecule has 25 heavy (non-hydrogen) atoms. The molecule has 0 saturated heterocycles. The Morgan fingerprint density at radius 1 is 0.920 bits per heavy atom. The zero-order chi connectivity index (χ0) is 18.6. The van der Waals surface area contributed by atoms with E-state index in [-0.39, 0.29) is 6.04 Å². The van der Waals surface area contributed by atoms with Gasteiger partial charge in [-0.15, -0.1) is 0 Å². The minimum Gasteiger partial charge on any atom is -0.355 e. The Hall–Kier alpha value is -1.87. The van der Waals surface area contributed by atoms with Crippen LogP contribution >= 0.6 is 12.2 Å². The number of hydrogen-bond acceptors (Lipinski definition) is 1. The molecule has 0 aromatic heterocycles. The van der Waals surface area contributed by atoms with Crippen molar-refractivity contribution in [2.45, 2.75) is 53.5 Å². The highest BCUT2D eigenvalue weighted by Gasteiger charge is 2.18. The predicted molar refractivity (Wildman–Crippen MR) is 113 cm³/mol. The van der Waals surface area contributed by atoms with E-state index in [4.69, 9.17) is 12.2 Å². The maximum atomic E-state index is 5.56. The first-order valence-electron chi connectivity index (χ1n) is 9.02. The number of aryl methyl sites for hydroxylation is 2. The normalized spacial score (nSPS) is 12.3. The van der Waals surface area contributed by atoms with Gasteiger partial charge in [0, 0.05) is 5.69 Å². The molecule has 0 radical (unpaired) electrons. The van der Waals surface area contributed by atoms with E-state index < -0.39 is 0 Å². The highest BCUT2D eigenvalue weighted by Crippen LogP contribution is 2.26. The third-order valence-electron chi connectivity index (χ3n) is 4.55. The van der Waals surface area contributed by atoms with Crippen molar-refractivity contribution in [3.63, 3.8) is 0 Å². The van der Waals surface area contributed by atoms with E-state index in [1.807, 2.05) is 0 Å². The van der Waals surface area contributed by atoms with Crippen molar-refractivity contribution in [2.24, 2.45) is 5.92 Å². The molecule has 0 aliphatic rings. The second-order valence-electron chi connectivity index (χ2n) is 7.46. The van der Waals surface area contributed by atoms with Crippen LogP contribution in [0.1, 0.15) is 61.9 Å². The average molecular weight is 355 g/mol. The number of hydrogen-bond donors (Lipinski definition) is 2. The van der Waals surface area contributed by atoms with Crippen molar-refractivity contribution >= 4 is 23.0 Å². The molecule has 0 unspecified atom stereocenters. The largest absolute Gasteiger partial charge is 0.355 e. The summed E-state index contributed by atoms with van der Waals surface area (Å²) in [5.41, 5.74) is 6.25. The van der Waals surface area contributed by atoms with E-state index in [1.54, 1.807) is 0 Å². The molecule has 2 aromatic carbocycles. The van der Waals surface area contributed by atoms with Crippen molar-refractivity contribution < 1.29 is 0 Å². The molecule has 0 spiro atoms. The number of rotatable bonds is 5. The first-order chi connectivity index (χ1) is 11.8. The van der Waals surface area contributed by atoms with Gasteiger partial charge in [0.25, 0.3) is 0 Å². The zero-order valence-electron chi connectivity index (χ0n) is 16.2. The molecule has 0 bridgehead atoms. The van der Waals surface area contributed by atoms with Crippen LogP contribution in [0.15, 0.2) is 42.5 Å². The maximum absolute atomic E-state index is 5.56. The molecule has 0 saturated carbocycles. The maximum Gasteiger partial charge on any atom is 0.171 e. The van der Waals surface area contributed by atoms with Gasteiger partial charge in [0.2, 0.25) is 0 Å². The van der Waals surface area contributed by atoms with Crippen molar-refractivity contribution in [3.05, 3.63) is 64.7 Å². The van der Waals surface area contributed by atoms with E-state index >= 15 is 0 Å². The van der Waals surface area contributed by atoms with Gasteiger partial charge in [0.05, 0.1) is 6.04 Å². The van der Waals surface area contributed by atoms with Gasteiger partial charge in [0.1, 0.15) is 0 Å². The SMILES string of the molecule is Cc1ccc([C@H](NC(=S)Nc2ccc(C(C)C)cc2)C(C)C)c(C)c1. The van der Waals surface area contributed by atoms with Gasteiger partial charge in [-0.2, -0.15) is 0 Å². The van der Waals surface area contributed by atoms with Gasteiger partial charge in [0.15, 0.2) is 5.11 Å². The van der Waals surface area contributed by atoms with E-state index in [0.29, 0.717) is 16.9 Å². The Kier molecular flexibility index (Phi) is 6.60. The lowest BCUT2D eigenvalue weighted by Crippen LogP contribution is -2.35. The lowest BCUT2D eigenvalue weighted by Gasteiger charge is -2.26. The molecule has 134 valence electrons. The topological polar surface area (TPSA) is 24.1 Å². The summed E-state index contributed by atoms with van der Waals surface area (Å²) in [7, 11) is 0. The summed E-state index contributed by atoms with van der Waals surface area (Å²) >= 11 is 5.56. The third kappa shape index (κ3) is 5.30. The highest BCUT2D eigenvalue weighted by molar-refractivity contribution is 7.80. The Morgan fingerprint density at radius 3 is 2.08 bits per heavy atom. The van der Waals surface area contributed by atoms with E-state index in [9.17, 15) is 0 Å². The monoisotopic (exact) mass is 354 g/mol. The van der Waals surface area contributed by atoms with Gasteiger partial charge in [-0.1, -0.05) is 63.6 Å². The first-order valence-corrected chi connectivity index (χ1v) is 9.43. The summed E-state index contributed by atoms with van der Waals surface area (Å²) in [6, 6.07) is 15.3. The van der Waals surface area contributed by atoms with Gasteiger partial charge >= 0.3 is 0 Å². The van der Waals surface area contributed by atoms with Crippen LogP contribution in [0.4, 0.5) is 5.69 Å². The minimum atomic E-state index is 0.190. The summed E-state index contributed by atoms with van der Waals surface area (Å²) in [4.78, 5) is 0. The van der Waals surface area contributed by atoms with Gasteiger partial charge in [-0.05, 0) is 66.7 Å². The number of thiocarbonyl (C=S) groups is 1. The average Bonchev–Trinajstić information content (AvgIpc) is 2.53. The Labute approximate surface area is 158 Å². The summed E-state index contributed by atoms with van der Waals surface area (Å²) in [5, 5.41) is 7.48. The van der Waals surface area contributed by atoms with Crippen LogP contribution in [0.2, 0.25) is 0 Å². The van der Waals surface area contributed by atoms with Crippen molar-refractivity contribution in [1.29, 1.82) is 0 Å². The fourth-order valence-electron chi connectivity index (χ4n) is 3.04. The van der Waals surface area contributed by atoms with E-state index in [0.717, 1.165) is 5.69 Å². The molecule has 0 aliphatic heterocycles. The molecule has 2 aromatic rings. The molecule has 0 fully saturated rings. The van der Waals surface area contributed by atoms with Crippen LogP contribution in [-0.4, -0.2) is 5.11 Å². The number of anilines is 1. The molecule has 1 atom stereocenters. The van der Waals surface area contributed by atoms with Gasteiger partial charge < -0.3 is 10.6 Å². The molecular formula is C22H30N2S. The molecule has 2 N–H and O–H groups in total. The van der Waals surface area contributed by atoms with Crippen LogP contribution in [0, 0.1) is 19.8 Å². The Bertz CT molecular complexity index is 717. The molecule has 2 rings (SSSR count).